The van der Waals surface area contributed by atoms with Crippen LogP contribution in [0.1, 0.15) is 11.7 Å². The number of fused-ring (bicyclic) bond motifs is 1. The van der Waals surface area contributed by atoms with Crippen molar-refractivity contribution >= 4 is 10.9 Å². The molecule has 1 fully saturated rings. The second kappa shape index (κ2) is 3.68. The summed E-state index contributed by atoms with van der Waals surface area (Å²) in [5.74, 6) is 0. The number of hydrogen-bond acceptors (Lipinski definition) is 2. The first kappa shape index (κ1) is 8.95. The maximum absolute atomic E-state index is 5.75. The molecule has 0 unspecified atom stereocenters. The van der Waals surface area contributed by atoms with Crippen LogP contribution in [0, 0.1) is 0 Å². The predicted octanol–water partition coefficient (Wildman–Crippen LogP) is 1.83. The number of morpholine rings is 1. The van der Waals surface area contributed by atoms with Gasteiger partial charge in [0.15, 0.2) is 0 Å². The van der Waals surface area contributed by atoms with Crippen molar-refractivity contribution in [1.82, 2.24) is 10.3 Å². The van der Waals surface area contributed by atoms with Crippen LogP contribution in [0.4, 0.5) is 0 Å². The van der Waals surface area contributed by atoms with Crippen molar-refractivity contribution < 1.29 is 4.74 Å². The van der Waals surface area contributed by atoms with Gasteiger partial charge in [0.25, 0.3) is 0 Å². The Balaban J connectivity index is 2.02. The molecule has 0 aliphatic carbocycles. The summed E-state index contributed by atoms with van der Waals surface area (Å²) in [7, 11) is 0. The maximum Gasteiger partial charge on any atom is 0.0970 e. The van der Waals surface area contributed by atoms with Crippen LogP contribution >= 0.6 is 0 Å². The van der Waals surface area contributed by atoms with Crippen LogP contribution in [-0.4, -0.2) is 24.7 Å². The Labute approximate surface area is 88.4 Å². The van der Waals surface area contributed by atoms with Gasteiger partial charge in [0.1, 0.15) is 0 Å². The normalized spacial score (nSPS) is 22.0. The molecular weight excluding hydrogens is 188 g/mol. The minimum absolute atomic E-state index is 0.190. The number of aromatic nitrogens is 1. The summed E-state index contributed by atoms with van der Waals surface area (Å²) in [5, 5.41) is 4.62. The molecule has 78 valence electrons. The summed E-state index contributed by atoms with van der Waals surface area (Å²) in [4.78, 5) is 3.28. The highest BCUT2D eigenvalue weighted by atomic mass is 16.5. The van der Waals surface area contributed by atoms with Crippen molar-refractivity contribution in [3.63, 3.8) is 0 Å². The molecule has 1 aromatic heterocycles. The summed E-state index contributed by atoms with van der Waals surface area (Å²) >= 11 is 0. The minimum Gasteiger partial charge on any atom is -0.371 e. The molecule has 0 radical (unpaired) electrons. The lowest BCUT2D eigenvalue weighted by Crippen LogP contribution is -2.33. The SMILES string of the molecule is c1ccc2c([C@@H]3CNCCO3)c[nH]c2c1. The van der Waals surface area contributed by atoms with Gasteiger partial charge in [-0.2, -0.15) is 0 Å². The summed E-state index contributed by atoms with van der Waals surface area (Å²) in [6.07, 6.45) is 2.25. The average molecular weight is 202 g/mol. The van der Waals surface area contributed by atoms with E-state index < -0.39 is 0 Å². The third kappa shape index (κ3) is 1.54. The molecule has 0 amide bonds. The maximum atomic E-state index is 5.75. The summed E-state index contributed by atoms with van der Waals surface area (Å²) in [5.41, 5.74) is 2.44. The lowest BCUT2D eigenvalue weighted by molar-refractivity contribution is 0.0286. The first-order chi connectivity index (χ1) is 7.45. The number of rotatable bonds is 1. The van der Waals surface area contributed by atoms with E-state index in [-0.39, 0.29) is 6.10 Å². The van der Waals surface area contributed by atoms with Crippen LogP contribution in [-0.2, 0) is 4.74 Å². The van der Waals surface area contributed by atoms with Crippen LogP contribution in [0.3, 0.4) is 0 Å². The Kier molecular flexibility index (Phi) is 2.19. The Morgan fingerprint density at radius 3 is 3.07 bits per heavy atom. The van der Waals surface area contributed by atoms with E-state index in [4.69, 9.17) is 4.74 Å². The van der Waals surface area contributed by atoms with Gasteiger partial charge in [0.2, 0.25) is 0 Å². The highest BCUT2D eigenvalue weighted by Crippen LogP contribution is 2.26. The third-order valence-electron chi connectivity index (χ3n) is 2.90. The number of para-hydroxylation sites is 1. The molecule has 3 rings (SSSR count). The number of hydrogen-bond donors (Lipinski definition) is 2. The molecular formula is C12H14N2O. The molecule has 0 spiro atoms. The fourth-order valence-corrected chi connectivity index (χ4v) is 2.13. The van der Waals surface area contributed by atoms with Gasteiger partial charge in [-0.3, -0.25) is 0 Å². The minimum atomic E-state index is 0.190. The van der Waals surface area contributed by atoms with Crippen molar-refractivity contribution in [2.45, 2.75) is 6.10 Å². The summed E-state index contributed by atoms with van der Waals surface area (Å²) in [6.45, 7) is 2.66. The van der Waals surface area contributed by atoms with Crippen molar-refractivity contribution in [2.75, 3.05) is 19.7 Å². The highest BCUT2D eigenvalue weighted by molar-refractivity contribution is 5.83. The van der Waals surface area contributed by atoms with E-state index in [0.717, 1.165) is 19.7 Å². The van der Waals surface area contributed by atoms with E-state index in [1.54, 1.807) is 0 Å². The molecule has 3 nitrogen and oxygen atoms in total. The molecule has 0 saturated carbocycles. The molecule has 1 aliphatic rings. The molecule has 1 atom stereocenters. The van der Waals surface area contributed by atoms with Gasteiger partial charge in [-0.15, -0.1) is 0 Å². The fraction of sp³-hybridized carbons (Fsp3) is 0.333. The number of nitrogens with one attached hydrogen (secondary N) is 2. The number of H-pyrrole nitrogens is 1. The molecule has 0 bridgehead atoms. The van der Waals surface area contributed by atoms with Crippen molar-refractivity contribution in [3.05, 3.63) is 36.0 Å². The van der Waals surface area contributed by atoms with E-state index in [0.29, 0.717) is 0 Å². The van der Waals surface area contributed by atoms with Gasteiger partial charge in [0.05, 0.1) is 12.7 Å². The molecule has 3 heteroatoms. The Bertz CT molecular complexity index is 457. The van der Waals surface area contributed by atoms with Crippen LogP contribution < -0.4 is 5.32 Å². The molecule has 1 saturated heterocycles. The van der Waals surface area contributed by atoms with E-state index in [1.165, 1.54) is 16.5 Å². The molecule has 1 aromatic carbocycles. The van der Waals surface area contributed by atoms with Gasteiger partial charge in [0, 0.05) is 35.8 Å². The van der Waals surface area contributed by atoms with Gasteiger partial charge >= 0.3 is 0 Å². The van der Waals surface area contributed by atoms with E-state index >= 15 is 0 Å². The van der Waals surface area contributed by atoms with Crippen molar-refractivity contribution in [2.24, 2.45) is 0 Å². The first-order valence-electron chi connectivity index (χ1n) is 5.33. The summed E-state index contributed by atoms with van der Waals surface area (Å²) in [6, 6.07) is 8.34. The molecule has 1 aliphatic heterocycles. The molecule has 2 aromatic rings. The lowest BCUT2D eigenvalue weighted by Gasteiger charge is -2.23. The second-order valence-electron chi connectivity index (χ2n) is 3.85. The van der Waals surface area contributed by atoms with Gasteiger partial charge in [-0.05, 0) is 6.07 Å². The van der Waals surface area contributed by atoms with E-state index in [9.17, 15) is 0 Å². The van der Waals surface area contributed by atoms with E-state index in [2.05, 4.69) is 34.7 Å². The van der Waals surface area contributed by atoms with Crippen molar-refractivity contribution in [3.8, 4) is 0 Å². The zero-order valence-corrected chi connectivity index (χ0v) is 8.49. The standard InChI is InChI=1S/C12H14N2O/c1-2-4-11-9(3-1)10(7-14-11)12-8-13-5-6-15-12/h1-4,7,12-14H,5-6,8H2/t12-/m0/s1. The van der Waals surface area contributed by atoms with Crippen LogP contribution in [0.15, 0.2) is 30.5 Å². The predicted molar refractivity (Wildman–Crippen MR) is 59.9 cm³/mol. The van der Waals surface area contributed by atoms with E-state index in [1.807, 2.05) is 6.07 Å². The van der Waals surface area contributed by atoms with Crippen LogP contribution in [0.2, 0.25) is 0 Å². The Morgan fingerprint density at radius 1 is 1.27 bits per heavy atom. The van der Waals surface area contributed by atoms with Crippen LogP contribution in [0.25, 0.3) is 10.9 Å². The smallest absolute Gasteiger partial charge is 0.0970 e. The Hall–Kier alpha value is -1.32. The number of benzene rings is 1. The van der Waals surface area contributed by atoms with Crippen molar-refractivity contribution in [1.29, 1.82) is 0 Å². The third-order valence-corrected chi connectivity index (χ3v) is 2.90. The topological polar surface area (TPSA) is 37.0 Å². The molecule has 2 N–H and O–H groups in total. The summed E-state index contributed by atoms with van der Waals surface area (Å²) < 4.78 is 5.75. The Morgan fingerprint density at radius 2 is 2.20 bits per heavy atom. The fourth-order valence-electron chi connectivity index (χ4n) is 2.13. The van der Waals surface area contributed by atoms with Gasteiger partial charge < -0.3 is 15.0 Å². The van der Waals surface area contributed by atoms with Crippen LogP contribution in [0.5, 0.6) is 0 Å². The van der Waals surface area contributed by atoms with Gasteiger partial charge in [-0.1, -0.05) is 18.2 Å². The zero-order chi connectivity index (χ0) is 10.1. The average Bonchev–Trinajstić information content (AvgIpc) is 2.74. The lowest BCUT2D eigenvalue weighted by atomic mass is 10.1. The molecule has 2 heterocycles. The monoisotopic (exact) mass is 202 g/mol. The number of ether oxygens (including phenoxy) is 1. The second-order valence-corrected chi connectivity index (χ2v) is 3.85. The quantitative estimate of drug-likeness (QED) is 0.740. The molecule has 15 heavy (non-hydrogen) atoms. The van der Waals surface area contributed by atoms with Gasteiger partial charge in [-0.25, -0.2) is 0 Å². The largest absolute Gasteiger partial charge is 0.371 e. The number of aromatic amines is 1. The first-order valence-corrected chi connectivity index (χ1v) is 5.33. The highest BCUT2D eigenvalue weighted by Gasteiger charge is 2.18. The zero-order valence-electron chi connectivity index (χ0n) is 8.49.